The second kappa shape index (κ2) is 7.59. The Hall–Kier alpha value is -2.37. The van der Waals surface area contributed by atoms with E-state index in [1.54, 1.807) is 30.3 Å². The predicted octanol–water partition coefficient (Wildman–Crippen LogP) is 1.57. The van der Waals surface area contributed by atoms with Gasteiger partial charge in [0.1, 0.15) is 0 Å². The van der Waals surface area contributed by atoms with Gasteiger partial charge in [0.05, 0.1) is 5.92 Å². The molecule has 0 radical (unpaired) electrons. The van der Waals surface area contributed by atoms with Crippen molar-refractivity contribution in [1.29, 1.82) is 0 Å². The van der Waals surface area contributed by atoms with Crippen LogP contribution in [0.25, 0.3) is 0 Å². The number of hydrogen-bond acceptors (Lipinski definition) is 4. The van der Waals surface area contributed by atoms with Crippen molar-refractivity contribution >= 4 is 17.8 Å². The molecule has 6 nitrogen and oxygen atoms in total. The van der Waals surface area contributed by atoms with E-state index >= 15 is 0 Å². The molecule has 1 fully saturated rings. The van der Waals surface area contributed by atoms with E-state index in [4.69, 9.17) is 4.74 Å². The van der Waals surface area contributed by atoms with Crippen molar-refractivity contribution in [2.75, 3.05) is 0 Å². The fourth-order valence-electron chi connectivity index (χ4n) is 2.37. The average Bonchev–Trinajstić information content (AvgIpc) is 3.07. The van der Waals surface area contributed by atoms with Gasteiger partial charge in [0.2, 0.25) is 0 Å². The van der Waals surface area contributed by atoms with Gasteiger partial charge in [-0.2, -0.15) is 0 Å². The molecule has 2 N–H and O–H groups in total. The quantitative estimate of drug-likeness (QED) is 0.653. The Balaban J connectivity index is 1.76. The highest BCUT2D eigenvalue weighted by Gasteiger charge is 2.27. The van der Waals surface area contributed by atoms with E-state index in [9.17, 15) is 14.4 Å². The van der Waals surface area contributed by atoms with Crippen molar-refractivity contribution < 1.29 is 19.1 Å². The van der Waals surface area contributed by atoms with Gasteiger partial charge >= 0.3 is 5.97 Å². The summed E-state index contributed by atoms with van der Waals surface area (Å²) in [6, 6.07) is 8.50. The number of carbonyl (C=O) groups excluding carboxylic acids is 3. The van der Waals surface area contributed by atoms with Gasteiger partial charge in [0.25, 0.3) is 11.8 Å². The molecule has 0 heterocycles. The standard InChI is InChI=1S/C16H20N2O4/c1-11(22-16(21)13-9-5-6-10-13)14(19)17-18-15(20)12-7-3-2-4-8-12/h2-4,7-8,11,13H,5-6,9-10H2,1H3,(H,17,19)(H,18,20)/t11-/m0/s1. The van der Waals surface area contributed by atoms with E-state index in [2.05, 4.69) is 10.9 Å². The molecular formula is C16H20N2O4. The first-order valence-electron chi connectivity index (χ1n) is 7.43. The second-order valence-electron chi connectivity index (χ2n) is 5.37. The summed E-state index contributed by atoms with van der Waals surface area (Å²) in [5.74, 6) is -1.43. The van der Waals surface area contributed by atoms with Crippen molar-refractivity contribution in [1.82, 2.24) is 10.9 Å². The molecule has 0 saturated heterocycles. The molecule has 0 unspecified atom stereocenters. The lowest BCUT2D eigenvalue weighted by atomic mass is 10.1. The Kier molecular flexibility index (Phi) is 5.52. The van der Waals surface area contributed by atoms with E-state index in [-0.39, 0.29) is 11.9 Å². The lowest BCUT2D eigenvalue weighted by Gasteiger charge is -2.16. The topological polar surface area (TPSA) is 84.5 Å². The van der Waals surface area contributed by atoms with Crippen molar-refractivity contribution in [3.05, 3.63) is 35.9 Å². The summed E-state index contributed by atoms with van der Waals surface area (Å²) >= 11 is 0. The van der Waals surface area contributed by atoms with Crippen LogP contribution >= 0.6 is 0 Å². The maximum absolute atomic E-state index is 11.8. The number of hydrogen-bond donors (Lipinski definition) is 2. The monoisotopic (exact) mass is 304 g/mol. The van der Waals surface area contributed by atoms with Gasteiger partial charge in [0.15, 0.2) is 6.10 Å². The van der Waals surface area contributed by atoms with Gasteiger partial charge in [-0.1, -0.05) is 31.0 Å². The summed E-state index contributed by atoms with van der Waals surface area (Å²) in [4.78, 5) is 35.4. The molecule has 2 rings (SSSR count). The van der Waals surface area contributed by atoms with E-state index in [1.807, 2.05) is 0 Å². The van der Waals surface area contributed by atoms with Gasteiger partial charge in [-0.3, -0.25) is 25.2 Å². The number of benzene rings is 1. The normalized spacial score (nSPS) is 15.9. The Labute approximate surface area is 129 Å². The number of amides is 2. The van der Waals surface area contributed by atoms with E-state index < -0.39 is 17.9 Å². The van der Waals surface area contributed by atoms with Gasteiger partial charge in [-0.15, -0.1) is 0 Å². The molecule has 1 aliphatic rings. The molecule has 22 heavy (non-hydrogen) atoms. The van der Waals surface area contributed by atoms with Gasteiger partial charge in [0, 0.05) is 5.56 Å². The Morgan fingerprint density at radius 3 is 2.36 bits per heavy atom. The van der Waals surface area contributed by atoms with Crippen LogP contribution in [0.2, 0.25) is 0 Å². The number of esters is 1. The van der Waals surface area contributed by atoms with Crippen LogP contribution in [-0.4, -0.2) is 23.9 Å². The van der Waals surface area contributed by atoms with Crippen molar-refractivity contribution in [2.24, 2.45) is 5.92 Å². The Morgan fingerprint density at radius 1 is 1.09 bits per heavy atom. The zero-order chi connectivity index (χ0) is 15.9. The molecule has 0 aliphatic heterocycles. The molecule has 0 bridgehead atoms. The smallest absolute Gasteiger partial charge is 0.309 e. The van der Waals surface area contributed by atoms with Crippen molar-refractivity contribution in [3.8, 4) is 0 Å². The summed E-state index contributed by atoms with van der Waals surface area (Å²) in [5, 5.41) is 0. The number of carbonyl (C=O) groups is 3. The lowest BCUT2D eigenvalue weighted by molar-refractivity contribution is -0.158. The first kappa shape index (κ1) is 16.0. The third-order valence-electron chi connectivity index (χ3n) is 3.69. The summed E-state index contributed by atoms with van der Waals surface area (Å²) in [6.45, 7) is 1.48. The minimum absolute atomic E-state index is 0.103. The third kappa shape index (κ3) is 4.31. The molecule has 1 atom stereocenters. The highest BCUT2D eigenvalue weighted by molar-refractivity contribution is 5.95. The van der Waals surface area contributed by atoms with Gasteiger partial charge in [-0.25, -0.2) is 0 Å². The van der Waals surface area contributed by atoms with Gasteiger partial charge in [-0.05, 0) is 31.9 Å². The number of rotatable bonds is 4. The molecular weight excluding hydrogens is 284 g/mol. The fourth-order valence-corrected chi connectivity index (χ4v) is 2.37. The fraction of sp³-hybridized carbons (Fsp3) is 0.438. The summed E-state index contributed by atoms with van der Waals surface area (Å²) in [5.41, 5.74) is 4.98. The minimum atomic E-state index is -0.941. The lowest BCUT2D eigenvalue weighted by Crippen LogP contribution is -2.47. The zero-order valence-electron chi connectivity index (χ0n) is 12.5. The molecule has 6 heteroatoms. The number of nitrogens with one attached hydrogen (secondary N) is 2. The third-order valence-corrected chi connectivity index (χ3v) is 3.69. The Morgan fingerprint density at radius 2 is 1.73 bits per heavy atom. The number of hydrazine groups is 1. The van der Waals surface area contributed by atoms with Crippen LogP contribution < -0.4 is 10.9 Å². The maximum atomic E-state index is 11.8. The molecule has 0 aromatic heterocycles. The SMILES string of the molecule is C[C@H](OC(=O)C1CCCC1)C(=O)NNC(=O)c1ccccc1. The van der Waals surface area contributed by atoms with Crippen LogP contribution in [0.1, 0.15) is 43.0 Å². The largest absolute Gasteiger partial charge is 0.452 e. The van der Waals surface area contributed by atoms with Crippen LogP contribution in [0.4, 0.5) is 0 Å². The zero-order valence-corrected chi connectivity index (χ0v) is 12.5. The maximum Gasteiger partial charge on any atom is 0.309 e. The highest BCUT2D eigenvalue weighted by atomic mass is 16.5. The van der Waals surface area contributed by atoms with E-state index in [0.717, 1.165) is 25.7 Å². The number of ether oxygens (including phenoxy) is 1. The van der Waals surface area contributed by atoms with Crippen molar-refractivity contribution in [2.45, 2.75) is 38.7 Å². The van der Waals surface area contributed by atoms with Crippen LogP contribution in [0, 0.1) is 5.92 Å². The molecule has 1 aliphatic carbocycles. The first-order chi connectivity index (χ1) is 10.6. The second-order valence-corrected chi connectivity index (χ2v) is 5.37. The molecule has 1 aromatic rings. The van der Waals surface area contributed by atoms with E-state index in [0.29, 0.717) is 5.56 Å². The van der Waals surface area contributed by atoms with Crippen LogP contribution in [-0.2, 0) is 14.3 Å². The molecule has 2 amide bonds. The Bertz CT molecular complexity index is 538. The molecule has 1 saturated carbocycles. The average molecular weight is 304 g/mol. The van der Waals surface area contributed by atoms with Crippen LogP contribution in [0.15, 0.2) is 30.3 Å². The first-order valence-corrected chi connectivity index (χ1v) is 7.43. The van der Waals surface area contributed by atoms with Crippen LogP contribution in [0.3, 0.4) is 0 Å². The van der Waals surface area contributed by atoms with Crippen LogP contribution in [0.5, 0.6) is 0 Å². The van der Waals surface area contributed by atoms with Crippen molar-refractivity contribution in [3.63, 3.8) is 0 Å². The van der Waals surface area contributed by atoms with E-state index in [1.165, 1.54) is 6.92 Å². The predicted molar refractivity (Wildman–Crippen MR) is 79.6 cm³/mol. The molecule has 1 aromatic carbocycles. The molecule has 0 spiro atoms. The minimum Gasteiger partial charge on any atom is -0.452 e. The highest BCUT2D eigenvalue weighted by Crippen LogP contribution is 2.26. The summed E-state index contributed by atoms with van der Waals surface area (Å²) in [7, 11) is 0. The summed E-state index contributed by atoms with van der Waals surface area (Å²) < 4.78 is 5.13. The summed E-state index contributed by atoms with van der Waals surface area (Å²) in [6.07, 6.45) is 2.74. The molecule has 118 valence electrons. The van der Waals surface area contributed by atoms with Gasteiger partial charge < -0.3 is 4.74 Å².